The first-order chi connectivity index (χ1) is 3.85. The van der Waals surface area contributed by atoms with Gasteiger partial charge in [-0.15, -0.1) is 11.8 Å². The van der Waals surface area contributed by atoms with Crippen molar-refractivity contribution in [3.05, 3.63) is 0 Å². The largest absolute Gasteiger partial charge is 0.410 e. The molecule has 8 heavy (non-hydrogen) atoms. The molecule has 0 aromatic rings. The van der Waals surface area contributed by atoms with E-state index in [9.17, 15) is 0 Å². The quantitative estimate of drug-likeness (QED) is 0.263. The van der Waals surface area contributed by atoms with E-state index >= 15 is 0 Å². The third-order valence-corrected chi connectivity index (χ3v) is 1.29. The molecule has 0 fully saturated rings. The highest BCUT2D eigenvalue weighted by Gasteiger charge is 1.92. The van der Waals surface area contributed by atoms with Crippen LogP contribution in [0.5, 0.6) is 0 Å². The first kappa shape index (κ1) is 7.78. The molecule has 0 atom stereocenters. The monoisotopic (exact) mass is 135 g/mol. The number of oxime groups is 1. The minimum atomic E-state index is 0.387. The predicted molar refractivity (Wildman–Crippen MR) is 34.6 cm³/mol. The van der Waals surface area contributed by atoms with Crippen LogP contribution >= 0.6 is 11.8 Å². The topological polar surface area (TPSA) is 41.8 Å². The molecule has 0 spiro atoms. The first-order valence-electron chi connectivity index (χ1n) is 2.09. The van der Waals surface area contributed by atoms with Crippen molar-refractivity contribution in [3.63, 3.8) is 0 Å². The fraction of sp³-hybridized carbons (Fsp3) is 0.750. The van der Waals surface area contributed by atoms with Crippen LogP contribution in [0.15, 0.2) is 5.16 Å². The van der Waals surface area contributed by atoms with E-state index in [1.807, 2.05) is 6.26 Å². The summed E-state index contributed by atoms with van der Waals surface area (Å²) in [4.78, 5) is 0. The molecule has 0 rings (SSSR count). The molecule has 0 amide bonds. The number of nitrogens with zero attached hydrogens (tertiary/aromatic N) is 1. The van der Waals surface area contributed by atoms with E-state index in [-0.39, 0.29) is 0 Å². The maximum Gasteiger partial charge on any atom is 0.138 e. The summed E-state index contributed by atoms with van der Waals surface area (Å²) >= 11 is 1.37. The third-order valence-electron chi connectivity index (χ3n) is 0.615. The molecule has 3 nitrogen and oxygen atoms in total. The zero-order chi connectivity index (χ0) is 6.41. The zero-order valence-electron chi connectivity index (χ0n) is 4.92. The van der Waals surface area contributed by atoms with E-state index in [1.165, 1.54) is 11.8 Å². The summed E-state index contributed by atoms with van der Waals surface area (Å²) in [6, 6.07) is 0. The van der Waals surface area contributed by atoms with Crippen LogP contribution in [-0.4, -0.2) is 30.2 Å². The van der Waals surface area contributed by atoms with Crippen molar-refractivity contribution in [1.29, 1.82) is 0 Å². The molecule has 0 heterocycles. The van der Waals surface area contributed by atoms with Gasteiger partial charge in [-0.1, -0.05) is 5.16 Å². The van der Waals surface area contributed by atoms with E-state index in [4.69, 9.17) is 5.21 Å². The lowest BCUT2D eigenvalue weighted by molar-refractivity contribution is 0.240. The summed E-state index contributed by atoms with van der Waals surface area (Å²) in [5.74, 6) is 0. The Morgan fingerprint density at radius 3 is 2.62 bits per heavy atom. The van der Waals surface area contributed by atoms with Crippen LogP contribution in [0.2, 0.25) is 0 Å². The summed E-state index contributed by atoms with van der Waals surface area (Å²) in [5, 5.41) is 11.7. The Hall–Kier alpha value is -0.220. The van der Waals surface area contributed by atoms with Gasteiger partial charge in [-0.05, 0) is 6.26 Å². The fourth-order valence-corrected chi connectivity index (χ4v) is 0.569. The summed E-state index contributed by atoms with van der Waals surface area (Å²) < 4.78 is 4.67. The Balaban J connectivity index is 3.38. The van der Waals surface area contributed by atoms with Gasteiger partial charge in [0.2, 0.25) is 0 Å². The van der Waals surface area contributed by atoms with Crippen molar-refractivity contribution in [2.24, 2.45) is 5.16 Å². The molecule has 0 aliphatic heterocycles. The molecule has 0 bridgehead atoms. The Morgan fingerprint density at radius 2 is 2.50 bits per heavy atom. The number of hydrogen-bond donors (Lipinski definition) is 1. The van der Waals surface area contributed by atoms with Crippen LogP contribution in [0.25, 0.3) is 0 Å². The fourth-order valence-electron chi connectivity index (χ4n) is 0.252. The average Bonchev–Trinajstić information content (AvgIpc) is 1.83. The third kappa shape index (κ3) is 2.87. The summed E-state index contributed by atoms with van der Waals surface area (Å²) in [5.41, 5.74) is 0. The maximum absolute atomic E-state index is 8.14. The average molecular weight is 135 g/mol. The maximum atomic E-state index is 8.14. The van der Waals surface area contributed by atoms with Crippen molar-refractivity contribution in [1.82, 2.24) is 0 Å². The van der Waals surface area contributed by atoms with Gasteiger partial charge in [-0.3, -0.25) is 0 Å². The minimum absolute atomic E-state index is 0.387. The van der Waals surface area contributed by atoms with E-state index in [0.717, 1.165) is 0 Å². The van der Waals surface area contributed by atoms with E-state index in [2.05, 4.69) is 9.89 Å². The van der Waals surface area contributed by atoms with Crippen molar-refractivity contribution < 1.29 is 9.94 Å². The normalized spacial score (nSPS) is 12.0. The number of ether oxygens (including phenoxy) is 1. The van der Waals surface area contributed by atoms with Crippen LogP contribution in [0.3, 0.4) is 0 Å². The highest BCUT2D eigenvalue weighted by molar-refractivity contribution is 8.13. The van der Waals surface area contributed by atoms with Crippen LogP contribution in [0.1, 0.15) is 0 Å². The molecule has 0 aliphatic carbocycles. The van der Waals surface area contributed by atoms with Gasteiger partial charge >= 0.3 is 0 Å². The minimum Gasteiger partial charge on any atom is -0.410 e. The lowest BCUT2D eigenvalue weighted by Crippen LogP contribution is -2.00. The molecule has 0 radical (unpaired) electrons. The van der Waals surface area contributed by atoms with Crippen molar-refractivity contribution in [3.8, 4) is 0 Å². The van der Waals surface area contributed by atoms with Crippen LogP contribution < -0.4 is 0 Å². The molecule has 48 valence electrons. The summed E-state index contributed by atoms with van der Waals surface area (Å²) in [6.45, 7) is 0.387. The van der Waals surface area contributed by atoms with Crippen molar-refractivity contribution in [2.75, 3.05) is 20.0 Å². The lowest BCUT2D eigenvalue weighted by atomic mass is 10.8. The van der Waals surface area contributed by atoms with Crippen LogP contribution in [-0.2, 0) is 4.74 Å². The van der Waals surface area contributed by atoms with Gasteiger partial charge in [0.05, 0.1) is 6.61 Å². The lowest BCUT2D eigenvalue weighted by Gasteiger charge is -1.94. The molecule has 0 unspecified atom stereocenters. The van der Waals surface area contributed by atoms with Crippen molar-refractivity contribution >= 4 is 16.8 Å². The molecule has 0 aromatic carbocycles. The van der Waals surface area contributed by atoms with Gasteiger partial charge in [-0.25, -0.2) is 0 Å². The van der Waals surface area contributed by atoms with Gasteiger partial charge in [0.1, 0.15) is 5.04 Å². The van der Waals surface area contributed by atoms with Crippen LogP contribution in [0.4, 0.5) is 0 Å². The molecule has 0 saturated carbocycles. The molecule has 0 aromatic heterocycles. The Bertz CT molecular complexity index is 84.1. The van der Waals surface area contributed by atoms with Crippen molar-refractivity contribution in [2.45, 2.75) is 0 Å². The van der Waals surface area contributed by atoms with Gasteiger partial charge in [0.25, 0.3) is 0 Å². The number of hydrogen-bond acceptors (Lipinski definition) is 4. The number of thioether (sulfide) groups is 1. The van der Waals surface area contributed by atoms with Gasteiger partial charge in [0.15, 0.2) is 0 Å². The zero-order valence-corrected chi connectivity index (χ0v) is 5.73. The number of methoxy groups -OCH3 is 1. The predicted octanol–water partition coefficient (Wildman–Crippen LogP) is 0.784. The Morgan fingerprint density at radius 1 is 1.88 bits per heavy atom. The van der Waals surface area contributed by atoms with E-state index in [1.54, 1.807) is 7.11 Å². The molecule has 4 heteroatoms. The molecule has 1 N–H and O–H groups in total. The number of rotatable bonds is 2. The second kappa shape index (κ2) is 4.93. The highest BCUT2D eigenvalue weighted by atomic mass is 32.2. The van der Waals surface area contributed by atoms with E-state index < -0.39 is 0 Å². The SMILES string of the molecule is COCC(=NO)SC. The van der Waals surface area contributed by atoms with Crippen LogP contribution in [0, 0.1) is 0 Å². The molecule has 0 saturated heterocycles. The molecular formula is C4H9NO2S. The summed E-state index contributed by atoms with van der Waals surface area (Å²) in [6.07, 6.45) is 1.83. The first-order valence-corrected chi connectivity index (χ1v) is 3.31. The standard InChI is InChI=1S/C4H9NO2S/c1-7-3-4(5-6)8-2/h6H,3H2,1-2H3. The smallest absolute Gasteiger partial charge is 0.138 e. The van der Waals surface area contributed by atoms with Gasteiger partial charge in [0, 0.05) is 7.11 Å². The molecular weight excluding hydrogens is 126 g/mol. The highest BCUT2D eigenvalue weighted by Crippen LogP contribution is 1.96. The molecule has 0 aliphatic rings. The van der Waals surface area contributed by atoms with E-state index in [0.29, 0.717) is 11.7 Å². The Kier molecular flexibility index (Phi) is 4.79. The second-order valence-electron chi connectivity index (χ2n) is 1.13. The second-order valence-corrected chi connectivity index (χ2v) is 2.01. The Labute approximate surface area is 52.7 Å². The van der Waals surface area contributed by atoms with Gasteiger partial charge in [-0.2, -0.15) is 0 Å². The van der Waals surface area contributed by atoms with Gasteiger partial charge < -0.3 is 9.94 Å². The summed E-state index contributed by atoms with van der Waals surface area (Å²) in [7, 11) is 1.56.